The number of benzene rings is 1. The highest BCUT2D eigenvalue weighted by Gasteiger charge is 2.30. The van der Waals surface area contributed by atoms with Crippen LogP contribution in [0.25, 0.3) is 0 Å². The lowest BCUT2D eigenvalue weighted by atomic mass is 10.0. The molecule has 0 bridgehead atoms. The van der Waals surface area contributed by atoms with Crippen LogP contribution in [0.5, 0.6) is 0 Å². The van der Waals surface area contributed by atoms with E-state index in [4.69, 9.17) is 5.73 Å². The first-order chi connectivity index (χ1) is 8.65. The number of amides is 2. The van der Waals surface area contributed by atoms with Gasteiger partial charge < -0.3 is 11.1 Å². The largest absolute Gasteiger partial charge is 0.368 e. The van der Waals surface area contributed by atoms with E-state index in [0.29, 0.717) is 0 Å². The standard InChI is InChI=1S/C11H12FN3O4/c1-11(2,10(13)17)14-9(16)7-5-6(12)3-4-8(7)15(18)19/h3-5H,1-2H3,(H2,13,17)(H,14,16). The molecule has 19 heavy (non-hydrogen) atoms. The molecule has 0 radical (unpaired) electrons. The summed E-state index contributed by atoms with van der Waals surface area (Å²) in [6.07, 6.45) is 0. The van der Waals surface area contributed by atoms with Gasteiger partial charge in [-0.15, -0.1) is 0 Å². The number of carbonyl (C=O) groups excluding carboxylic acids is 2. The first kappa shape index (κ1) is 14.6. The molecule has 1 aromatic rings. The number of carbonyl (C=O) groups is 2. The molecule has 7 nitrogen and oxygen atoms in total. The van der Waals surface area contributed by atoms with Gasteiger partial charge in [0.2, 0.25) is 5.91 Å². The fraction of sp³-hybridized carbons (Fsp3) is 0.273. The Morgan fingerprint density at radius 1 is 1.42 bits per heavy atom. The molecule has 0 fully saturated rings. The van der Waals surface area contributed by atoms with Crippen molar-refractivity contribution in [2.24, 2.45) is 5.73 Å². The molecule has 2 amide bonds. The summed E-state index contributed by atoms with van der Waals surface area (Å²) < 4.78 is 13.1. The smallest absolute Gasteiger partial charge is 0.282 e. The van der Waals surface area contributed by atoms with Crippen molar-refractivity contribution < 1.29 is 18.9 Å². The lowest BCUT2D eigenvalue weighted by Crippen LogP contribution is -2.53. The van der Waals surface area contributed by atoms with Gasteiger partial charge >= 0.3 is 0 Å². The number of rotatable bonds is 4. The summed E-state index contributed by atoms with van der Waals surface area (Å²) >= 11 is 0. The number of nitro groups is 1. The lowest BCUT2D eigenvalue weighted by molar-refractivity contribution is -0.385. The van der Waals surface area contributed by atoms with Crippen LogP contribution in [0.15, 0.2) is 18.2 Å². The number of nitrogens with two attached hydrogens (primary N) is 1. The minimum Gasteiger partial charge on any atom is -0.368 e. The maximum Gasteiger partial charge on any atom is 0.282 e. The Kier molecular flexibility index (Phi) is 3.83. The fourth-order valence-electron chi connectivity index (χ4n) is 1.26. The summed E-state index contributed by atoms with van der Waals surface area (Å²) in [7, 11) is 0. The SMILES string of the molecule is CC(C)(NC(=O)c1cc(F)ccc1[N+](=O)[O-])C(N)=O. The van der Waals surface area contributed by atoms with E-state index in [1.807, 2.05) is 0 Å². The van der Waals surface area contributed by atoms with Gasteiger partial charge in [-0.05, 0) is 26.0 Å². The number of nitro benzene ring substituents is 1. The second-order valence-corrected chi connectivity index (χ2v) is 4.36. The Bertz CT molecular complexity index is 557. The van der Waals surface area contributed by atoms with E-state index >= 15 is 0 Å². The van der Waals surface area contributed by atoms with E-state index in [0.717, 1.165) is 18.2 Å². The van der Waals surface area contributed by atoms with Gasteiger partial charge in [0.15, 0.2) is 0 Å². The van der Waals surface area contributed by atoms with Crippen LogP contribution in [0.2, 0.25) is 0 Å². The Hall–Kier alpha value is -2.51. The number of nitrogens with one attached hydrogen (secondary N) is 1. The molecule has 0 saturated heterocycles. The zero-order chi connectivity index (χ0) is 14.8. The van der Waals surface area contributed by atoms with Crippen molar-refractivity contribution in [2.45, 2.75) is 19.4 Å². The normalized spacial score (nSPS) is 10.9. The zero-order valence-electron chi connectivity index (χ0n) is 10.3. The average Bonchev–Trinajstić information content (AvgIpc) is 2.27. The molecule has 102 valence electrons. The molecule has 0 aliphatic heterocycles. The predicted octanol–water partition coefficient (Wildman–Crippen LogP) is 0.728. The van der Waals surface area contributed by atoms with E-state index in [-0.39, 0.29) is 0 Å². The molecule has 0 saturated carbocycles. The quantitative estimate of drug-likeness (QED) is 0.619. The van der Waals surface area contributed by atoms with E-state index in [1.54, 1.807) is 0 Å². The Morgan fingerprint density at radius 3 is 2.47 bits per heavy atom. The number of hydrogen-bond acceptors (Lipinski definition) is 4. The van der Waals surface area contributed by atoms with Crippen LogP contribution in [-0.4, -0.2) is 22.3 Å². The molecular weight excluding hydrogens is 257 g/mol. The van der Waals surface area contributed by atoms with Crippen LogP contribution < -0.4 is 11.1 Å². The summed E-state index contributed by atoms with van der Waals surface area (Å²) in [6, 6.07) is 2.47. The topological polar surface area (TPSA) is 115 Å². The van der Waals surface area contributed by atoms with Crippen molar-refractivity contribution in [3.8, 4) is 0 Å². The maximum absolute atomic E-state index is 13.1. The van der Waals surface area contributed by atoms with Gasteiger partial charge in [0.25, 0.3) is 11.6 Å². The van der Waals surface area contributed by atoms with Crippen molar-refractivity contribution in [1.29, 1.82) is 0 Å². The van der Waals surface area contributed by atoms with Crippen LogP contribution >= 0.6 is 0 Å². The van der Waals surface area contributed by atoms with Crippen LogP contribution in [0, 0.1) is 15.9 Å². The van der Waals surface area contributed by atoms with Crippen molar-refractivity contribution in [1.82, 2.24) is 5.32 Å². The maximum atomic E-state index is 13.1. The molecule has 3 N–H and O–H groups in total. The lowest BCUT2D eigenvalue weighted by Gasteiger charge is -2.22. The van der Waals surface area contributed by atoms with Gasteiger partial charge in [0.1, 0.15) is 16.9 Å². The first-order valence-corrected chi connectivity index (χ1v) is 5.21. The molecule has 0 aliphatic rings. The Morgan fingerprint density at radius 2 is 2.00 bits per heavy atom. The van der Waals surface area contributed by atoms with Crippen molar-refractivity contribution in [2.75, 3.05) is 0 Å². The van der Waals surface area contributed by atoms with E-state index in [9.17, 15) is 24.1 Å². The molecule has 1 rings (SSSR count). The molecule has 0 spiro atoms. The summed E-state index contributed by atoms with van der Waals surface area (Å²) in [5.41, 5.74) is 2.63. The van der Waals surface area contributed by atoms with Gasteiger partial charge in [-0.25, -0.2) is 4.39 Å². The Balaban J connectivity index is 3.16. The van der Waals surface area contributed by atoms with E-state index in [1.165, 1.54) is 13.8 Å². The number of halogens is 1. The Labute approximate surface area is 107 Å². The van der Waals surface area contributed by atoms with Crippen molar-refractivity contribution in [3.63, 3.8) is 0 Å². The second kappa shape index (κ2) is 5.01. The van der Waals surface area contributed by atoms with E-state index < -0.39 is 39.3 Å². The number of nitrogens with zero attached hydrogens (tertiary/aromatic N) is 1. The molecule has 0 aliphatic carbocycles. The van der Waals surface area contributed by atoms with Crippen LogP contribution in [0.1, 0.15) is 24.2 Å². The summed E-state index contributed by atoms with van der Waals surface area (Å²) in [6.45, 7) is 2.66. The van der Waals surface area contributed by atoms with Crippen LogP contribution in [0.3, 0.4) is 0 Å². The van der Waals surface area contributed by atoms with Crippen LogP contribution in [-0.2, 0) is 4.79 Å². The van der Waals surface area contributed by atoms with Crippen molar-refractivity contribution in [3.05, 3.63) is 39.7 Å². The van der Waals surface area contributed by atoms with Gasteiger partial charge in [-0.1, -0.05) is 0 Å². The molecule has 1 aromatic carbocycles. The monoisotopic (exact) mass is 269 g/mol. The highest BCUT2D eigenvalue weighted by Crippen LogP contribution is 2.20. The van der Waals surface area contributed by atoms with Crippen molar-refractivity contribution >= 4 is 17.5 Å². The summed E-state index contributed by atoms with van der Waals surface area (Å²) in [5.74, 6) is -2.57. The third-order valence-corrected chi connectivity index (χ3v) is 2.44. The summed E-state index contributed by atoms with van der Waals surface area (Å²) in [5, 5.41) is 13.0. The molecular formula is C11H12FN3O4. The van der Waals surface area contributed by atoms with Gasteiger partial charge in [-0.2, -0.15) is 0 Å². The van der Waals surface area contributed by atoms with E-state index in [2.05, 4.69) is 5.32 Å². The number of hydrogen-bond donors (Lipinski definition) is 2. The molecule has 8 heteroatoms. The third-order valence-electron chi connectivity index (χ3n) is 2.44. The molecule has 0 atom stereocenters. The minimum absolute atomic E-state index is 0.473. The van der Waals surface area contributed by atoms with Crippen LogP contribution in [0.4, 0.5) is 10.1 Å². The highest BCUT2D eigenvalue weighted by molar-refractivity contribution is 6.01. The first-order valence-electron chi connectivity index (χ1n) is 5.21. The number of primary amides is 1. The highest BCUT2D eigenvalue weighted by atomic mass is 19.1. The molecule has 0 aromatic heterocycles. The zero-order valence-corrected chi connectivity index (χ0v) is 10.3. The minimum atomic E-state index is -1.41. The van der Waals surface area contributed by atoms with Gasteiger partial charge in [0, 0.05) is 6.07 Å². The molecule has 0 heterocycles. The molecule has 0 unspecified atom stereocenters. The fourth-order valence-corrected chi connectivity index (χ4v) is 1.26. The van der Waals surface area contributed by atoms with Gasteiger partial charge in [0.05, 0.1) is 4.92 Å². The predicted molar refractivity (Wildman–Crippen MR) is 63.8 cm³/mol. The summed E-state index contributed by atoms with van der Waals surface area (Å²) in [4.78, 5) is 32.9. The third kappa shape index (κ3) is 3.24. The average molecular weight is 269 g/mol. The van der Waals surface area contributed by atoms with Gasteiger partial charge in [-0.3, -0.25) is 19.7 Å². The second-order valence-electron chi connectivity index (χ2n) is 4.36.